The number of amidine groups is 1. The van der Waals surface area contributed by atoms with Crippen molar-refractivity contribution < 1.29 is 14.7 Å². The Morgan fingerprint density at radius 2 is 2.19 bits per heavy atom. The molecule has 0 saturated carbocycles. The molecule has 2 rings (SSSR count). The number of carboxylic acids is 1. The molecule has 10 nitrogen and oxygen atoms in total. The lowest BCUT2D eigenvalue weighted by Crippen LogP contribution is -2.68. The fourth-order valence-electron chi connectivity index (χ4n) is 2.46. The van der Waals surface area contributed by atoms with Crippen molar-refractivity contribution in [2.45, 2.75) is 11.4 Å². The first-order chi connectivity index (χ1) is 12.2. The van der Waals surface area contributed by atoms with Crippen LogP contribution in [0, 0.1) is 0 Å². The molecule has 0 radical (unpaired) electrons. The fourth-order valence-corrected chi connectivity index (χ4v) is 4.83. The Hall–Kier alpha value is -1.31. The summed E-state index contributed by atoms with van der Waals surface area (Å²) in [6.45, 7) is 1.36. The zero-order chi connectivity index (χ0) is 19.4. The maximum absolute atomic E-state index is 12.0. The molecule has 2 aliphatic rings. The molecule has 6 N–H and O–H groups in total. The number of rotatable bonds is 7. The van der Waals surface area contributed by atoms with Crippen LogP contribution in [0.3, 0.4) is 0 Å². The Balaban J connectivity index is 2.10. The third-order valence-electron chi connectivity index (χ3n) is 3.75. The van der Waals surface area contributed by atoms with Crippen molar-refractivity contribution in [3.63, 3.8) is 0 Å². The van der Waals surface area contributed by atoms with Gasteiger partial charge in [-0.25, -0.2) is 4.79 Å². The first kappa shape index (κ1) is 21.0. The Morgan fingerprint density at radius 3 is 2.77 bits per heavy atom. The van der Waals surface area contributed by atoms with Gasteiger partial charge in [0.05, 0.1) is 6.54 Å². The number of hydrazine groups is 2. The van der Waals surface area contributed by atoms with E-state index in [0.717, 1.165) is 6.54 Å². The average Bonchev–Trinajstić information content (AvgIpc) is 2.56. The molecule has 0 aromatic rings. The average molecular weight is 404 g/mol. The minimum absolute atomic E-state index is 0.0432. The zero-order valence-corrected chi connectivity index (χ0v) is 16.6. The van der Waals surface area contributed by atoms with Crippen LogP contribution in [-0.4, -0.2) is 94.2 Å². The quantitative estimate of drug-likeness (QED) is 0.131. The Labute approximate surface area is 160 Å². The molecule has 1 amide bonds. The minimum Gasteiger partial charge on any atom is -0.477 e. The van der Waals surface area contributed by atoms with Crippen molar-refractivity contribution in [3.05, 3.63) is 11.3 Å². The third kappa shape index (κ3) is 4.90. The largest absolute Gasteiger partial charge is 0.477 e. The number of carboxylic acid groups (broad SMARTS) is 1. The van der Waals surface area contributed by atoms with Crippen LogP contribution in [0.1, 0.15) is 0 Å². The van der Waals surface area contributed by atoms with E-state index in [1.165, 1.54) is 33.5 Å². The Morgan fingerprint density at radius 1 is 1.50 bits per heavy atom. The number of likely N-dealkylation sites (N-methyl/N-ethyl adjacent to an activating group) is 1. The van der Waals surface area contributed by atoms with Crippen LogP contribution >= 0.6 is 23.5 Å². The lowest BCUT2D eigenvalue weighted by atomic mass is 10.0. The maximum Gasteiger partial charge on any atom is 0.352 e. The van der Waals surface area contributed by atoms with Crippen LogP contribution in [0.2, 0.25) is 0 Å². The molecule has 2 unspecified atom stereocenters. The summed E-state index contributed by atoms with van der Waals surface area (Å²) in [5.41, 5.74) is 9.39. The van der Waals surface area contributed by atoms with E-state index in [2.05, 4.69) is 10.4 Å². The number of aliphatic imine (C=N–C) groups is 1. The summed E-state index contributed by atoms with van der Waals surface area (Å²) in [5, 5.41) is 11.1. The van der Waals surface area contributed by atoms with Crippen molar-refractivity contribution in [2.75, 3.05) is 45.7 Å². The van der Waals surface area contributed by atoms with Gasteiger partial charge in [-0.1, -0.05) is 11.8 Å². The molecule has 2 atom stereocenters. The van der Waals surface area contributed by atoms with Gasteiger partial charge in [0.25, 0.3) is 0 Å². The number of hydrogen-bond donors (Lipinski definition) is 4. The van der Waals surface area contributed by atoms with Gasteiger partial charge < -0.3 is 15.7 Å². The van der Waals surface area contributed by atoms with Crippen molar-refractivity contribution in [1.29, 1.82) is 0 Å². The number of nitrogens with two attached hydrogens (primary N) is 2. The summed E-state index contributed by atoms with van der Waals surface area (Å²) >= 11 is 2.84. The second-order valence-corrected chi connectivity index (χ2v) is 8.26. The molecule has 0 aromatic carbocycles. The number of carbonyl (C=O) groups is 2. The molecule has 26 heavy (non-hydrogen) atoms. The van der Waals surface area contributed by atoms with E-state index >= 15 is 0 Å². The summed E-state index contributed by atoms with van der Waals surface area (Å²) in [7, 11) is 5.56. The normalized spacial score (nSPS) is 23.4. The maximum atomic E-state index is 12.0. The highest BCUT2D eigenvalue weighted by Gasteiger charge is 2.51. The minimum atomic E-state index is -1.11. The first-order valence-corrected chi connectivity index (χ1v) is 9.98. The number of nitrogens with one attached hydrogen (secondary N) is 1. The monoisotopic (exact) mass is 403 g/mol. The topological polar surface area (TPSA) is 141 Å². The highest BCUT2D eigenvalue weighted by atomic mass is 32.2. The number of β-lactam (4-membered cyclic amide) rings is 1. The van der Waals surface area contributed by atoms with E-state index in [1.54, 1.807) is 7.05 Å². The van der Waals surface area contributed by atoms with E-state index in [0.29, 0.717) is 28.8 Å². The molecular formula is C14H25N7O3S2. The standard InChI is InChI=1S/C14H25N7O3S2/c1-19(2)5-4-17-14(18-20(3)16)26-7-8-6-25-12-9(15)11(22)21(12)10(8)13(23)24/h9,12H,4-7,15-16H2,1-3H3,(H,17,18)(H,23,24). The summed E-state index contributed by atoms with van der Waals surface area (Å²) in [6, 6.07) is -0.626. The number of thioether (sulfide) groups is 2. The van der Waals surface area contributed by atoms with E-state index in [4.69, 9.17) is 11.6 Å². The molecule has 146 valence electrons. The van der Waals surface area contributed by atoms with Crippen molar-refractivity contribution in [3.8, 4) is 0 Å². The predicted octanol–water partition coefficient (Wildman–Crippen LogP) is -1.47. The van der Waals surface area contributed by atoms with Crippen molar-refractivity contribution in [2.24, 2.45) is 16.6 Å². The van der Waals surface area contributed by atoms with Crippen LogP contribution < -0.4 is 17.0 Å². The SMILES string of the molecule is CN(C)CCN=C(NN(C)N)SCC1=C(C(=O)O)N2C(=O)C(N)C2SC1. The molecule has 2 heterocycles. The molecule has 1 fully saturated rings. The van der Waals surface area contributed by atoms with Gasteiger partial charge in [0.15, 0.2) is 5.17 Å². The smallest absolute Gasteiger partial charge is 0.352 e. The van der Waals surface area contributed by atoms with E-state index < -0.39 is 12.0 Å². The summed E-state index contributed by atoms with van der Waals surface area (Å²) in [4.78, 5) is 31.4. The lowest BCUT2D eigenvalue weighted by molar-refractivity contribution is -0.147. The second-order valence-electron chi connectivity index (χ2n) is 6.19. The van der Waals surface area contributed by atoms with Crippen LogP contribution in [0.25, 0.3) is 0 Å². The summed E-state index contributed by atoms with van der Waals surface area (Å²) < 4.78 is 0. The molecule has 1 saturated heterocycles. The van der Waals surface area contributed by atoms with Crippen LogP contribution in [0.4, 0.5) is 0 Å². The molecule has 12 heteroatoms. The summed E-state index contributed by atoms with van der Waals surface area (Å²) in [5.74, 6) is 5.08. The van der Waals surface area contributed by atoms with E-state index in [1.807, 2.05) is 19.0 Å². The van der Waals surface area contributed by atoms with Crippen LogP contribution in [0.15, 0.2) is 16.3 Å². The molecule has 0 aromatic heterocycles. The lowest BCUT2D eigenvalue weighted by Gasteiger charge is -2.48. The molecule has 0 aliphatic carbocycles. The number of carbonyl (C=O) groups excluding carboxylic acids is 1. The number of nitrogens with zero attached hydrogens (tertiary/aromatic N) is 4. The second kappa shape index (κ2) is 9.06. The van der Waals surface area contributed by atoms with Gasteiger partial charge in [-0.2, -0.15) is 5.12 Å². The van der Waals surface area contributed by atoms with Gasteiger partial charge in [0.2, 0.25) is 5.91 Å². The highest BCUT2D eigenvalue weighted by molar-refractivity contribution is 8.14. The van der Waals surface area contributed by atoms with E-state index in [9.17, 15) is 14.7 Å². The summed E-state index contributed by atoms with van der Waals surface area (Å²) in [6.07, 6.45) is 0. The van der Waals surface area contributed by atoms with Crippen molar-refractivity contribution >= 4 is 40.6 Å². The molecule has 0 spiro atoms. The number of aliphatic carboxylic acids is 1. The predicted molar refractivity (Wildman–Crippen MR) is 104 cm³/mol. The number of fused-ring (bicyclic) bond motifs is 1. The fraction of sp³-hybridized carbons (Fsp3) is 0.643. The highest BCUT2D eigenvalue weighted by Crippen LogP contribution is 2.40. The van der Waals surface area contributed by atoms with Gasteiger partial charge >= 0.3 is 5.97 Å². The van der Waals surface area contributed by atoms with Crippen molar-refractivity contribution in [1.82, 2.24) is 20.3 Å². The Kier molecular flexibility index (Phi) is 7.32. The molecular weight excluding hydrogens is 378 g/mol. The Bertz CT molecular complexity index is 624. The zero-order valence-electron chi connectivity index (χ0n) is 15.0. The molecule has 0 bridgehead atoms. The van der Waals surface area contributed by atoms with Gasteiger partial charge in [-0.05, 0) is 19.7 Å². The van der Waals surface area contributed by atoms with Crippen LogP contribution in [0.5, 0.6) is 0 Å². The number of hydrogen-bond acceptors (Lipinski definition) is 9. The van der Waals surface area contributed by atoms with Gasteiger partial charge in [0.1, 0.15) is 17.1 Å². The van der Waals surface area contributed by atoms with Gasteiger partial charge in [0, 0.05) is 25.1 Å². The van der Waals surface area contributed by atoms with Gasteiger partial charge in [-0.15, -0.1) is 11.8 Å². The molecule has 2 aliphatic heterocycles. The van der Waals surface area contributed by atoms with E-state index in [-0.39, 0.29) is 17.0 Å². The number of amides is 1. The van der Waals surface area contributed by atoms with Crippen LogP contribution in [-0.2, 0) is 9.59 Å². The first-order valence-electron chi connectivity index (χ1n) is 7.95. The third-order valence-corrected chi connectivity index (χ3v) is 6.10. The van der Waals surface area contributed by atoms with Gasteiger partial charge in [-0.3, -0.25) is 26.0 Å².